The van der Waals surface area contributed by atoms with Crippen LogP contribution in [0.25, 0.3) is 0 Å². The third-order valence-corrected chi connectivity index (χ3v) is 7.98. The molecule has 12 heteroatoms. The second kappa shape index (κ2) is 9.56. The molecule has 26 heavy (non-hydrogen) atoms. The van der Waals surface area contributed by atoms with Gasteiger partial charge < -0.3 is 9.11 Å². The SMILES string of the molecule is O=S(=O)([O-])C(Cl)(Cl)C(c1ccccc1)(c1ccccc1)S(=O)(=O)[O-].[Na+].[Na+]. The van der Waals surface area contributed by atoms with Gasteiger partial charge in [0.15, 0.2) is 4.75 Å². The molecule has 0 radical (unpaired) electrons. The first-order chi connectivity index (χ1) is 11.0. The standard InChI is InChI=1S/C14H12Cl2O6S2.2Na/c15-14(16,24(20,21)22)13(23(17,18)19,11-7-3-1-4-8-11)12-9-5-2-6-10-12;;/h1-10H,(H,17,18,19)(H,20,21,22);;/q;2*+1/p-2. The van der Waals surface area contributed by atoms with Crippen molar-refractivity contribution >= 4 is 43.4 Å². The van der Waals surface area contributed by atoms with E-state index < -0.39 is 28.6 Å². The third kappa shape index (κ3) is 4.53. The van der Waals surface area contributed by atoms with Crippen molar-refractivity contribution in [3.63, 3.8) is 0 Å². The number of halogens is 2. The zero-order chi connectivity index (χ0) is 18.2. The van der Waals surface area contributed by atoms with Crippen LogP contribution in [0.5, 0.6) is 0 Å². The molecule has 2 rings (SSSR count). The summed E-state index contributed by atoms with van der Waals surface area (Å²) in [7, 11) is -11.2. The molecule has 2 aromatic rings. The fourth-order valence-corrected chi connectivity index (χ4v) is 5.80. The predicted octanol–water partition coefficient (Wildman–Crippen LogP) is -3.84. The minimum absolute atomic E-state index is 0. The Kier molecular flexibility index (Phi) is 9.87. The van der Waals surface area contributed by atoms with Crippen LogP contribution in [-0.4, -0.2) is 29.6 Å². The van der Waals surface area contributed by atoms with E-state index in [4.69, 9.17) is 23.2 Å². The average molecular weight is 455 g/mol. The largest absolute Gasteiger partial charge is 1.00 e. The summed E-state index contributed by atoms with van der Waals surface area (Å²) in [5.74, 6) is 0. The predicted molar refractivity (Wildman–Crippen MR) is 87.5 cm³/mol. The van der Waals surface area contributed by atoms with E-state index in [0.29, 0.717) is 0 Å². The molecule has 0 atom stereocenters. The van der Waals surface area contributed by atoms with Crippen molar-refractivity contribution < 1.29 is 85.1 Å². The molecule has 0 heterocycles. The smallest absolute Gasteiger partial charge is 0.747 e. The van der Waals surface area contributed by atoms with Crippen LogP contribution in [0.15, 0.2) is 60.7 Å². The Balaban J connectivity index is 0.00000312. The molecule has 0 aliphatic heterocycles. The number of rotatable bonds is 5. The normalized spacial score (nSPS) is 12.6. The maximum Gasteiger partial charge on any atom is 1.00 e. The van der Waals surface area contributed by atoms with Crippen molar-refractivity contribution in [2.24, 2.45) is 0 Å². The summed E-state index contributed by atoms with van der Waals surface area (Å²) in [5, 5.41) is 0. The van der Waals surface area contributed by atoms with Crippen LogP contribution >= 0.6 is 23.2 Å². The summed E-state index contributed by atoms with van der Waals surface area (Å²) in [4.78, 5) is 0. The van der Waals surface area contributed by atoms with E-state index >= 15 is 0 Å². The van der Waals surface area contributed by atoms with Gasteiger partial charge in [-0.05, 0) is 11.1 Å². The van der Waals surface area contributed by atoms with Gasteiger partial charge in [0, 0.05) is 0 Å². The molecule has 0 aromatic heterocycles. The van der Waals surface area contributed by atoms with Gasteiger partial charge in [0.2, 0.25) is 3.67 Å². The van der Waals surface area contributed by atoms with E-state index in [1.54, 1.807) is 0 Å². The van der Waals surface area contributed by atoms with Crippen molar-refractivity contribution in [2.45, 2.75) is 8.41 Å². The summed E-state index contributed by atoms with van der Waals surface area (Å²) in [6.45, 7) is 0. The van der Waals surface area contributed by atoms with Gasteiger partial charge >= 0.3 is 59.1 Å². The van der Waals surface area contributed by atoms with Gasteiger partial charge in [-0.25, -0.2) is 16.8 Å². The van der Waals surface area contributed by atoms with Crippen molar-refractivity contribution in [1.82, 2.24) is 0 Å². The van der Waals surface area contributed by atoms with Crippen molar-refractivity contribution in [3.05, 3.63) is 71.8 Å². The van der Waals surface area contributed by atoms with Gasteiger partial charge in [-0.15, -0.1) is 0 Å². The molecule has 0 aliphatic rings. The van der Waals surface area contributed by atoms with E-state index in [0.717, 1.165) is 24.3 Å². The molecule has 0 aliphatic carbocycles. The van der Waals surface area contributed by atoms with Gasteiger partial charge in [0.25, 0.3) is 0 Å². The monoisotopic (exact) mass is 454 g/mol. The number of hydrogen-bond donors (Lipinski definition) is 0. The van der Waals surface area contributed by atoms with Crippen molar-refractivity contribution in [3.8, 4) is 0 Å². The minimum atomic E-state index is -5.64. The molecule has 0 fully saturated rings. The Labute approximate surface area is 206 Å². The molecule has 0 amide bonds. The van der Waals surface area contributed by atoms with Crippen LogP contribution in [0.3, 0.4) is 0 Å². The molecule has 130 valence electrons. The molecule has 0 bridgehead atoms. The van der Waals surface area contributed by atoms with E-state index in [2.05, 4.69) is 0 Å². The number of alkyl halides is 2. The zero-order valence-corrected chi connectivity index (χ0v) is 20.9. The van der Waals surface area contributed by atoms with Gasteiger partial charge in [0.05, 0.1) is 0 Å². The Morgan fingerprint density at radius 1 is 0.654 bits per heavy atom. The van der Waals surface area contributed by atoms with E-state index in [1.807, 2.05) is 0 Å². The van der Waals surface area contributed by atoms with Crippen LogP contribution in [0.2, 0.25) is 0 Å². The first kappa shape index (κ1) is 26.8. The molecule has 2 aromatic carbocycles. The van der Waals surface area contributed by atoms with Crippen molar-refractivity contribution in [1.29, 1.82) is 0 Å². The molecular weight excluding hydrogens is 445 g/mol. The molecule has 0 saturated carbocycles. The molecule has 0 spiro atoms. The maximum atomic E-state index is 12.2. The van der Waals surface area contributed by atoms with Gasteiger partial charge in [-0.3, -0.25) is 0 Å². The van der Waals surface area contributed by atoms with Crippen LogP contribution in [0.4, 0.5) is 0 Å². The molecule has 0 unspecified atom stereocenters. The van der Waals surface area contributed by atoms with Crippen LogP contribution in [-0.2, 0) is 25.0 Å². The maximum absolute atomic E-state index is 12.2. The fraction of sp³-hybridized carbons (Fsp3) is 0.143. The first-order valence-corrected chi connectivity index (χ1v) is 9.93. The third-order valence-electron chi connectivity index (χ3n) is 3.46. The van der Waals surface area contributed by atoms with Crippen LogP contribution in [0.1, 0.15) is 11.1 Å². The average Bonchev–Trinajstić information content (AvgIpc) is 2.47. The summed E-state index contributed by atoms with van der Waals surface area (Å²) in [6, 6.07) is 13.1. The summed E-state index contributed by atoms with van der Waals surface area (Å²) >= 11 is 11.5. The Morgan fingerprint density at radius 2 is 0.962 bits per heavy atom. The molecule has 0 saturated heterocycles. The topological polar surface area (TPSA) is 114 Å². The van der Waals surface area contributed by atoms with Crippen LogP contribution in [0, 0.1) is 0 Å². The Morgan fingerprint density at radius 3 is 1.19 bits per heavy atom. The van der Waals surface area contributed by atoms with Crippen LogP contribution < -0.4 is 59.1 Å². The van der Waals surface area contributed by atoms with Crippen molar-refractivity contribution in [2.75, 3.05) is 0 Å². The number of benzene rings is 2. The van der Waals surface area contributed by atoms with E-state index in [9.17, 15) is 25.9 Å². The quantitative estimate of drug-likeness (QED) is 0.259. The van der Waals surface area contributed by atoms with E-state index in [-0.39, 0.29) is 70.2 Å². The van der Waals surface area contributed by atoms with Gasteiger partial charge in [0.1, 0.15) is 20.2 Å². The number of hydrogen-bond acceptors (Lipinski definition) is 6. The first-order valence-electron chi connectivity index (χ1n) is 6.36. The molecule has 0 N–H and O–H groups in total. The Hall–Kier alpha value is 0.840. The summed E-state index contributed by atoms with van der Waals surface area (Å²) < 4.78 is 65.1. The summed E-state index contributed by atoms with van der Waals surface area (Å²) in [5.41, 5.74) is -0.675. The Bertz CT molecular complexity index is 896. The van der Waals surface area contributed by atoms with E-state index in [1.165, 1.54) is 36.4 Å². The second-order valence-corrected chi connectivity index (χ2v) is 9.66. The molecule has 6 nitrogen and oxygen atoms in total. The zero-order valence-electron chi connectivity index (χ0n) is 13.8. The fourth-order valence-electron chi connectivity index (χ4n) is 2.46. The summed E-state index contributed by atoms with van der Waals surface area (Å²) in [6.07, 6.45) is 0. The molecular formula is C14H10Cl2Na2O6S2. The van der Waals surface area contributed by atoms with Gasteiger partial charge in [-0.2, -0.15) is 0 Å². The van der Waals surface area contributed by atoms with Gasteiger partial charge in [-0.1, -0.05) is 83.9 Å². The second-order valence-electron chi connectivity index (χ2n) is 4.84. The minimum Gasteiger partial charge on any atom is -0.747 e.